The highest BCUT2D eigenvalue weighted by Crippen LogP contribution is 2.25. The number of benzene rings is 1. The Bertz CT molecular complexity index is 419. The van der Waals surface area contributed by atoms with Crippen molar-refractivity contribution in [2.75, 3.05) is 25.1 Å². The van der Waals surface area contributed by atoms with Gasteiger partial charge >= 0.3 is 0 Å². The lowest BCUT2D eigenvalue weighted by Gasteiger charge is -2.20. The Morgan fingerprint density at radius 1 is 1.47 bits per heavy atom. The molecule has 0 bridgehead atoms. The van der Waals surface area contributed by atoms with Gasteiger partial charge in [0.2, 0.25) is 0 Å². The van der Waals surface area contributed by atoms with E-state index in [1.807, 2.05) is 6.92 Å². The first-order valence-electron chi connectivity index (χ1n) is 6.19. The lowest BCUT2D eigenvalue weighted by atomic mass is 10.1. The number of aliphatic hydroxyl groups excluding tert-OH is 1. The van der Waals surface area contributed by atoms with Gasteiger partial charge in [-0.15, -0.1) is 0 Å². The van der Waals surface area contributed by atoms with Crippen LogP contribution >= 0.6 is 0 Å². The molecule has 0 saturated carbocycles. The maximum atomic E-state index is 10.9. The van der Waals surface area contributed by atoms with E-state index in [1.54, 1.807) is 12.1 Å². The molecule has 0 saturated heterocycles. The number of hydrazine groups is 1. The highest BCUT2D eigenvalue weighted by molar-refractivity contribution is 5.61. The van der Waals surface area contributed by atoms with Crippen LogP contribution in [0.4, 0.5) is 11.4 Å². The molecule has 0 heterocycles. The molecular formula is C12H20N4O3. The smallest absolute Gasteiger partial charge is 0.293 e. The van der Waals surface area contributed by atoms with E-state index in [9.17, 15) is 10.1 Å². The predicted molar refractivity (Wildman–Crippen MR) is 73.6 cm³/mol. The number of aliphatic hydroxyl groups is 1. The van der Waals surface area contributed by atoms with Gasteiger partial charge in [0.05, 0.1) is 11.5 Å². The second-order valence-electron chi connectivity index (χ2n) is 4.25. The SMILES string of the molecule is CCCN(CCO)Cc1ccc(NN)c([N+](=O)[O-])c1. The fraction of sp³-hybridized carbons (Fsp3) is 0.500. The maximum Gasteiger partial charge on any atom is 0.293 e. The molecule has 4 N–H and O–H groups in total. The standard InChI is InChI=1S/C12H20N4O3/c1-2-5-15(6-7-17)9-10-3-4-11(14-13)12(8-10)16(18)19/h3-4,8,14,17H,2,5-7,9,13H2,1H3. The molecule has 1 rings (SSSR count). The Morgan fingerprint density at radius 2 is 2.21 bits per heavy atom. The van der Waals surface area contributed by atoms with Crippen LogP contribution < -0.4 is 11.3 Å². The minimum absolute atomic E-state index is 0.0413. The topological polar surface area (TPSA) is 105 Å². The number of nitro benzene ring substituents is 1. The van der Waals surface area contributed by atoms with E-state index in [-0.39, 0.29) is 18.0 Å². The van der Waals surface area contributed by atoms with Crippen molar-refractivity contribution in [3.05, 3.63) is 33.9 Å². The van der Waals surface area contributed by atoms with E-state index < -0.39 is 4.92 Å². The molecule has 0 aliphatic rings. The summed E-state index contributed by atoms with van der Waals surface area (Å²) < 4.78 is 0. The first-order chi connectivity index (χ1) is 9.12. The molecule has 0 aliphatic heterocycles. The third-order valence-electron chi connectivity index (χ3n) is 2.78. The summed E-state index contributed by atoms with van der Waals surface area (Å²) in [6.45, 7) is 4.09. The van der Waals surface area contributed by atoms with Gasteiger partial charge in [-0.25, -0.2) is 0 Å². The van der Waals surface area contributed by atoms with Crippen LogP contribution in [0.1, 0.15) is 18.9 Å². The number of nitrogens with zero attached hydrogens (tertiary/aromatic N) is 2. The molecule has 106 valence electrons. The molecule has 0 spiro atoms. The van der Waals surface area contributed by atoms with Gasteiger partial charge in [0.1, 0.15) is 5.69 Å². The van der Waals surface area contributed by atoms with Crippen LogP contribution in [-0.4, -0.2) is 34.6 Å². The second kappa shape index (κ2) is 7.67. The van der Waals surface area contributed by atoms with E-state index in [0.29, 0.717) is 13.1 Å². The summed E-state index contributed by atoms with van der Waals surface area (Å²) in [5.41, 5.74) is 3.39. The lowest BCUT2D eigenvalue weighted by molar-refractivity contribution is -0.384. The summed E-state index contributed by atoms with van der Waals surface area (Å²) in [4.78, 5) is 12.5. The van der Waals surface area contributed by atoms with E-state index in [1.165, 1.54) is 6.07 Å². The summed E-state index contributed by atoms with van der Waals surface area (Å²) in [6, 6.07) is 4.90. The van der Waals surface area contributed by atoms with Crippen molar-refractivity contribution in [1.29, 1.82) is 0 Å². The molecule has 19 heavy (non-hydrogen) atoms. The molecule has 0 amide bonds. The zero-order valence-electron chi connectivity index (χ0n) is 11.0. The van der Waals surface area contributed by atoms with E-state index in [4.69, 9.17) is 10.9 Å². The van der Waals surface area contributed by atoms with Crippen molar-refractivity contribution < 1.29 is 10.0 Å². The first kappa shape index (κ1) is 15.4. The molecule has 1 aromatic carbocycles. The minimum Gasteiger partial charge on any atom is -0.395 e. The van der Waals surface area contributed by atoms with Crippen LogP contribution in [0.2, 0.25) is 0 Å². The van der Waals surface area contributed by atoms with E-state index in [0.717, 1.165) is 18.5 Å². The Balaban J connectivity index is 2.88. The van der Waals surface area contributed by atoms with Crippen molar-refractivity contribution in [3.63, 3.8) is 0 Å². The fourth-order valence-corrected chi connectivity index (χ4v) is 1.93. The Labute approximate surface area is 112 Å². The van der Waals surface area contributed by atoms with Gasteiger partial charge in [0, 0.05) is 19.2 Å². The van der Waals surface area contributed by atoms with Crippen molar-refractivity contribution >= 4 is 11.4 Å². The number of rotatable bonds is 8. The third kappa shape index (κ3) is 4.47. The number of hydrogen-bond donors (Lipinski definition) is 3. The zero-order valence-corrected chi connectivity index (χ0v) is 11.0. The van der Waals surface area contributed by atoms with Gasteiger partial charge in [-0.1, -0.05) is 13.0 Å². The fourth-order valence-electron chi connectivity index (χ4n) is 1.93. The second-order valence-corrected chi connectivity index (χ2v) is 4.25. The van der Waals surface area contributed by atoms with Crippen LogP contribution in [-0.2, 0) is 6.54 Å². The molecule has 0 aromatic heterocycles. The number of nitrogens with one attached hydrogen (secondary N) is 1. The number of hydrogen-bond acceptors (Lipinski definition) is 6. The Morgan fingerprint density at radius 3 is 2.74 bits per heavy atom. The third-order valence-corrected chi connectivity index (χ3v) is 2.78. The molecule has 1 aromatic rings. The van der Waals surface area contributed by atoms with Gasteiger partial charge < -0.3 is 10.5 Å². The van der Waals surface area contributed by atoms with Crippen LogP contribution in [0.3, 0.4) is 0 Å². The Hall–Kier alpha value is -1.70. The van der Waals surface area contributed by atoms with Crippen molar-refractivity contribution in [3.8, 4) is 0 Å². The van der Waals surface area contributed by atoms with Gasteiger partial charge in [-0.05, 0) is 24.6 Å². The van der Waals surface area contributed by atoms with Crippen LogP contribution in [0.5, 0.6) is 0 Å². The van der Waals surface area contributed by atoms with E-state index >= 15 is 0 Å². The molecule has 0 unspecified atom stereocenters. The molecule has 0 radical (unpaired) electrons. The summed E-state index contributed by atoms with van der Waals surface area (Å²) in [7, 11) is 0. The summed E-state index contributed by atoms with van der Waals surface area (Å²) in [5.74, 6) is 5.24. The average molecular weight is 268 g/mol. The Kier molecular flexibility index (Phi) is 6.20. The van der Waals surface area contributed by atoms with Gasteiger partial charge in [-0.3, -0.25) is 20.9 Å². The van der Waals surface area contributed by atoms with Crippen molar-refractivity contribution in [2.24, 2.45) is 5.84 Å². The largest absolute Gasteiger partial charge is 0.395 e. The number of nitrogens with two attached hydrogens (primary N) is 1. The normalized spacial score (nSPS) is 10.7. The highest BCUT2D eigenvalue weighted by atomic mass is 16.6. The minimum atomic E-state index is -0.463. The van der Waals surface area contributed by atoms with E-state index in [2.05, 4.69) is 10.3 Å². The lowest BCUT2D eigenvalue weighted by Crippen LogP contribution is -2.27. The number of nitro groups is 1. The number of anilines is 1. The molecule has 0 atom stereocenters. The quantitative estimate of drug-likeness (QED) is 0.370. The molecule has 0 aliphatic carbocycles. The molecule has 7 nitrogen and oxygen atoms in total. The summed E-state index contributed by atoms with van der Waals surface area (Å²) in [5, 5.41) is 19.9. The predicted octanol–water partition coefficient (Wildman–Crippen LogP) is 1.08. The monoisotopic (exact) mass is 268 g/mol. The van der Waals surface area contributed by atoms with Gasteiger partial charge in [0.25, 0.3) is 5.69 Å². The van der Waals surface area contributed by atoms with Gasteiger partial charge in [-0.2, -0.15) is 0 Å². The zero-order chi connectivity index (χ0) is 14.3. The van der Waals surface area contributed by atoms with Gasteiger partial charge in [0.15, 0.2) is 0 Å². The summed E-state index contributed by atoms with van der Waals surface area (Å²) >= 11 is 0. The molecule has 0 fully saturated rings. The van der Waals surface area contributed by atoms with Crippen LogP contribution in [0.25, 0.3) is 0 Å². The molecule has 7 heteroatoms. The maximum absolute atomic E-state index is 10.9. The van der Waals surface area contributed by atoms with Crippen molar-refractivity contribution in [1.82, 2.24) is 4.90 Å². The highest BCUT2D eigenvalue weighted by Gasteiger charge is 2.14. The summed E-state index contributed by atoms with van der Waals surface area (Å²) in [6.07, 6.45) is 0.963. The van der Waals surface area contributed by atoms with Crippen LogP contribution in [0, 0.1) is 10.1 Å². The average Bonchev–Trinajstić information content (AvgIpc) is 2.39. The van der Waals surface area contributed by atoms with Crippen LogP contribution in [0.15, 0.2) is 18.2 Å². The molecular weight excluding hydrogens is 248 g/mol. The number of nitrogen functional groups attached to an aromatic ring is 1. The first-order valence-corrected chi connectivity index (χ1v) is 6.19. The van der Waals surface area contributed by atoms with Crippen molar-refractivity contribution in [2.45, 2.75) is 19.9 Å².